The van der Waals surface area contributed by atoms with Crippen molar-refractivity contribution in [3.63, 3.8) is 0 Å². The molecule has 0 bridgehead atoms. The summed E-state index contributed by atoms with van der Waals surface area (Å²) in [4.78, 5) is 21.5. The van der Waals surface area contributed by atoms with Gasteiger partial charge in [0.2, 0.25) is 0 Å². The first-order chi connectivity index (χ1) is 15.1. The molecular formula is C23H28O8. The Hall–Kier alpha value is -3.10. The van der Waals surface area contributed by atoms with Gasteiger partial charge in [0.25, 0.3) is 0 Å². The third kappa shape index (κ3) is 9.06. The van der Waals surface area contributed by atoms with Crippen molar-refractivity contribution in [2.45, 2.75) is 19.3 Å². The number of ether oxygens (including phenoxy) is 4. The summed E-state index contributed by atoms with van der Waals surface area (Å²) in [5.74, 6) is 0.506. The molecule has 0 radical (unpaired) electrons. The average molecular weight is 432 g/mol. The minimum absolute atomic E-state index is 0.0118. The first-order valence-corrected chi connectivity index (χ1v) is 10.1. The highest BCUT2D eigenvalue weighted by atomic mass is 16.5. The molecule has 0 heterocycles. The van der Waals surface area contributed by atoms with Crippen LogP contribution in [0.4, 0.5) is 0 Å². The minimum Gasteiger partial charge on any atom is -0.504 e. The van der Waals surface area contributed by atoms with E-state index in [1.807, 2.05) is 0 Å². The van der Waals surface area contributed by atoms with Gasteiger partial charge in [-0.15, -0.1) is 0 Å². The summed E-state index contributed by atoms with van der Waals surface area (Å²) >= 11 is 0. The number of carbonyl (C=O) groups is 2. The molecule has 168 valence electrons. The van der Waals surface area contributed by atoms with Crippen molar-refractivity contribution >= 4 is 12.6 Å². The van der Waals surface area contributed by atoms with Crippen molar-refractivity contribution in [1.82, 2.24) is 0 Å². The lowest BCUT2D eigenvalue weighted by Gasteiger charge is -2.10. The van der Waals surface area contributed by atoms with Crippen LogP contribution >= 0.6 is 0 Å². The number of rotatable bonds is 16. The van der Waals surface area contributed by atoms with E-state index in [-0.39, 0.29) is 36.2 Å². The predicted octanol–water partition coefficient (Wildman–Crippen LogP) is 3.38. The molecule has 0 aliphatic heterocycles. The number of unbranched alkanes of at least 4 members (excludes halogenated alkanes) is 2. The number of phenols is 2. The standard InChI is InChI=1S/C23H28O8/c24-16-18-4-6-20(26)22(14-18)30-12-10-28-8-2-1-3-9-29-11-13-31-23-15-19(17-25)5-7-21(23)27/h4-7,14-17,26-27H,1-3,8-13H2. The highest BCUT2D eigenvalue weighted by Crippen LogP contribution is 2.26. The largest absolute Gasteiger partial charge is 0.504 e. The van der Waals surface area contributed by atoms with Gasteiger partial charge in [-0.05, 0) is 55.7 Å². The number of phenolic OH excluding ortho intramolecular Hbond substituents is 2. The first-order valence-electron chi connectivity index (χ1n) is 10.1. The van der Waals surface area contributed by atoms with Gasteiger partial charge in [-0.3, -0.25) is 9.59 Å². The van der Waals surface area contributed by atoms with Crippen LogP contribution in [0.15, 0.2) is 36.4 Å². The molecule has 8 nitrogen and oxygen atoms in total. The monoisotopic (exact) mass is 432 g/mol. The molecule has 0 unspecified atom stereocenters. The number of hydrogen-bond acceptors (Lipinski definition) is 8. The molecule has 0 fully saturated rings. The van der Waals surface area contributed by atoms with Crippen LogP contribution in [0.3, 0.4) is 0 Å². The predicted molar refractivity (Wildman–Crippen MR) is 113 cm³/mol. The maximum atomic E-state index is 10.7. The van der Waals surface area contributed by atoms with E-state index in [2.05, 4.69) is 0 Å². The maximum absolute atomic E-state index is 10.7. The second-order valence-corrected chi connectivity index (χ2v) is 6.67. The number of benzene rings is 2. The summed E-state index contributed by atoms with van der Waals surface area (Å²) in [6, 6.07) is 8.84. The molecule has 2 aromatic rings. The van der Waals surface area contributed by atoms with Gasteiger partial charge < -0.3 is 29.2 Å². The maximum Gasteiger partial charge on any atom is 0.161 e. The molecule has 0 amide bonds. The van der Waals surface area contributed by atoms with Crippen LogP contribution in [0.1, 0.15) is 40.0 Å². The van der Waals surface area contributed by atoms with Crippen molar-refractivity contribution in [3.05, 3.63) is 47.5 Å². The fourth-order valence-corrected chi connectivity index (χ4v) is 2.65. The second kappa shape index (κ2) is 14.0. The normalized spacial score (nSPS) is 10.6. The summed E-state index contributed by atoms with van der Waals surface area (Å²) in [5.41, 5.74) is 0.875. The fourth-order valence-electron chi connectivity index (χ4n) is 2.65. The lowest BCUT2D eigenvalue weighted by atomic mass is 10.2. The van der Waals surface area contributed by atoms with Crippen molar-refractivity contribution in [2.75, 3.05) is 39.6 Å². The van der Waals surface area contributed by atoms with Crippen molar-refractivity contribution < 1.29 is 38.7 Å². The van der Waals surface area contributed by atoms with E-state index in [0.717, 1.165) is 19.3 Å². The Morgan fingerprint density at radius 1 is 0.613 bits per heavy atom. The van der Waals surface area contributed by atoms with Gasteiger partial charge in [0.1, 0.15) is 25.8 Å². The van der Waals surface area contributed by atoms with Crippen LogP contribution in [0.2, 0.25) is 0 Å². The smallest absolute Gasteiger partial charge is 0.161 e. The molecule has 0 atom stereocenters. The highest BCUT2D eigenvalue weighted by molar-refractivity contribution is 5.76. The van der Waals surface area contributed by atoms with Gasteiger partial charge in [0, 0.05) is 24.3 Å². The zero-order valence-corrected chi connectivity index (χ0v) is 17.3. The van der Waals surface area contributed by atoms with Gasteiger partial charge in [0.15, 0.2) is 23.0 Å². The van der Waals surface area contributed by atoms with E-state index in [4.69, 9.17) is 18.9 Å². The quantitative estimate of drug-likeness (QED) is 0.307. The summed E-state index contributed by atoms with van der Waals surface area (Å²) in [7, 11) is 0. The second-order valence-electron chi connectivity index (χ2n) is 6.67. The Balaban J connectivity index is 1.42. The van der Waals surface area contributed by atoms with E-state index < -0.39 is 0 Å². The molecule has 2 rings (SSSR count). The van der Waals surface area contributed by atoms with Gasteiger partial charge in [0.05, 0.1) is 13.2 Å². The van der Waals surface area contributed by atoms with E-state index in [0.29, 0.717) is 50.1 Å². The van der Waals surface area contributed by atoms with Crippen molar-refractivity contribution in [1.29, 1.82) is 0 Å². The SMILES string of the molecule is O=Cc1ccc(O)c(OCCOCCCCCOCCOc2cc(C=O)ccc2O)c1. The third-order valence-electron chi connectivity index (χ3n) is 4.29. The highest BCUT2D eigenvalue weighted by Gasteiger charge is 2.05. The van der Waals surface area contributed by atoms with E-state index in [1.165, 1.54) is 36.4 Å². The Bertz CT molecular complexity index is 754. The molecule has 0 spiro atoms. The number of aldehydes is 2. The van der Waals surface area contributed by atoms with Gasteiger partial charge >= 0.3 is 0 Å². The summed E-state index contributed by atoms with van der Waals surface area (Å²) in [5, 5.41) is 19.3. The van der Waals surface area contributed by atoms with E-state index in [9.17, 15) is 19.8 Å². The zero-order valence-electron chi connectivity index (χ0n) is 17.3. The summed E-state index contributed by atoms with van der Waals surface area (Å²) in [6.07, 6.45) is 4.11. The molecule has 0 saturated heterocycles. The molecule has 0 aliphatic rings. The van der Waals surface area contributed by atoms with Gasteiger partial charge in [-0.25, -0.2) is 0 Å². The molecule has 0 aliphatic carbocycles. The van der Waals surface area contributed by atoms with Gasteiger partial charge in [-0.1, -0.05) is 0 Å². The van der Waals surface area contributed by atoms with Crippen LogP contribution in [0, 0.1) is 0 Å². The fraction of sp³-hybridized carbons (Fsp3) is 0.391. The molecule has 2 N–H and O–H groups in total. The molecule has 2 aromatic carbocycles. The number of carbonyl (C=O) groups excluding carboxylic acids is 2. The van der Waals surface area contributed by atoms with Crippen LogP contribution in [0.25, 0.3) is 0 Å². The van der Waals surface area contributed by atoms with Crippen molar-refractivity contribution in [3.8, 4) is 23.0 Å². The Morgan fingerprint density at radius 2 is 1.06 bits per heavy atom. The average Bonchev–Trinajstić information content (AvgIpc) is 2.79. The molecule has 8 heteroatoms. The van der Waals surface area contributed by atoms with E-state index in [1.54, 1.807) is 0 Å². The Morgan fingerprint density at radius 3 is 1.48 bits per heavy atom. The topological polar surface area (TPSA) is 112 Å². The molecule has 0 aromatic heterocycles. The molecule has 31 heavy (non-hydrogen) atoms. The van der Waals surface area contributed by atoms with Crippen molar-refractivity contribution in [2.24, 2.45) is 0 Å². The molecule has 0 saturated carbocycles. The minimum atomic E-state index is -0.0118. The van der Waals surface area contributed by atoms with Gasteiger partial charge in [-0.2, -0.15) is 0 Å². The van der Waals surface area contributed by atoms with Crippen LogP contribution < -0.4 is 9.47 Å². The third-order valence-corrected chi connectivity index (χ3v) is 4.29. The zero-order chi connectivity index (χ0) is 22.3. The lowest BCUT2D eigenvalue weighted by Crippen LogP contribution is -2.09. The van der Waals surface area contributed by atoms with E-state index >= 15 is 0 Å². The molecular weight excluding hydrogens is 404 g/mol. The number of hydrogen-bond donors (Lipinski definition) is 2. The van der Waals surface area contributed by atoms with Crippen LogP contribution in [0.5, 0.6) is 23.0 Å². The Kier molecular flexibility index (Phi) is 10.9. The lowest BCUT2D eigenvalue weighted by molar-refractivity contribution is 0.0846. The van der Waals surface area contributed by atoms with Crippen LogP contribution in [-0.4, -0.2) is 62.4 Å². The number of aromatic hydroxyl groups is 2. The Labute approximate surface area is 181 Å². The van der Waals surface area contributed by atoms with Crippen LogP contribution in [-0.2, 0) is 9.47 Å². The summed E-state index contributed by atoms with van der Waals surface area (Å²) < 4.78 is 21.8. The summed E-state index contributed by atoms with van der Waals surface area (Å²) in [6.45, 7) is 2.53. The first kappa shape index (κ1) is 24.2.